The van der Waals surface area contributed by atoms with Crippen LogP contribution in [0.25, 0.3) is 0 Å². The minimum absolute atomic E-state index is 0. The lowest BCUT2D eigenvalue weighted by atomic mass is 10.1. The zero-order valence-electron chi connectivity index (χ0n) is 16.0. The van der Waals surface area contributed by atoms with E-state index in [0.717, 1.165) is 42.8 Å². The van der Waals surface area contributed by atoms with Crippen molar-refractivity contribution in [3.05, 3.63) is 64.1 Å². The molecule has 6 heteroatoms. The smallest absolute Gasteiger partial charge is 0.119 e. The van der Waals surface area contributed by atoms with Crippen molar-refractivity contribution in [1.82, 2.24) is 10.2 Å². The quantitative estimate of drug-likeness (QED) is 0.619. The van der Waals surface area contributed by atoms with E-state index < -0.39 is 0 Å². The fraction of sp³-hybridized carbons (Fsp3) is 0.455. The van der Waals surface area contributed by atoms with Crippen LogP contribution in [-0.2, 0) is 6.61 Å². The summed E-state index contributed by atoms with van der Waals surface area (Å²) >= 11 is 3.50. The summed E-state index contributed by atoms with van der Waals surface area (Å²) in [6.45, 7) is 4.96. The molecular weight excluding hydrogens is 438 g/mol. The van der Waals surface area contributed by atoms with E-state index in [1.807, 2.05) is 12.1 Å². The van der Waals surface area contributed by atoms with Gasteiger partial charge in [0.15, 0.2) is 0 Å². The largest absolute Gasteiger partial charge is 0.489 e. The fourth-order valence-corrected chi connectivity index (χ4v) is 4.31. The predicted molar refractivity (Wildman–Crippen MR) is 120 cm³/mol. The molecule has 3 unspecified atom stereocenters. The maximum atomic E-state index is 5.97. The van der Waals surface area contributed by atoms with Gasteiger partial charge in [0.25, 0.3) is 0 Å². The lowest BCUT2D eigenvalue weighted by Crippen LogP contribution is -2.33. The second-order valence-corrected chi connectivity index (χ2v) is 8.66. The van der Waals surface area contributed by atoms with Crippen LogP contribution in [0.15, 0.2) is 53.0 Å². The number of rotatable bonds is 8. The Hall–Kier alpha value is -1.11. The van der Waals surface area contributed by atoms with Gasteiger partial charge in [0.1, 0.15) is 12.4 Å². The monoisotopic (exact) mass is 465 g/mol. The Morgan fingerprint density at radius 3 is 2.71 bits per heavy atom. The first kappa shape index (κ1) is 21.6. The van der Waals surface area contributed by atoms with Crippen molar-refractivity contribution in [1.29, 1.82) is 0 Å². The summed E-state index contributed by atoms with van der Waals surface area (Å²) in [6.07, 6.45) is 2.37. The van der Waals surface area contributed by atoms with E-state index in [1.54, 1.807) is 0 Å². The van der Waals surface area contributed by atoms with Crippen LogP contribution in [0.5, 0.6) is 5.75 Å². The molecule has 28 heavy (non-hydrogen) atoms. The molecule has 0 aromatic heterocycles. The van der Waals surface area contributed by atoms with Crippen LogP contribution in [0.4, 0.5) is 0 Å². The molecule has 3 atom stereocenters. The number of nitrogens with two attached hydrogens (primary N) is 1. The molecule has 1 aliphatic heterocycles. The van der Waals surface area contributed by atoms with Crippen LogP contribution in [0.3, 0.4) is 0 Å². The minimum Gasteiger partial charge on any atom is -0.489 e. The molecule has 2 aliphatic rings. The van der Waals surface area contributed by atoms with E-state index in [2.05, 4.69) is 62.5 Å². The standard InChI is InChI=1S/C22H28BrN3O.ClH/c23-18-3-1-2-16(12-18)15-27-20-6-4-17(5-7-20)21-13-22(21)25-9-11-26-10-8-19(24)14-26;/h1-7,12,19,21-22,25H,8-11,13-15,24H2;1H. The summed E-state index contributed by atoms with van der Waals surface area (Å²) in [5.74, 6) is 1.57. The normalized spacial score (nSPS) is 24.0. The van der Waals surface area contributed by atoms with Gasteiger partial charge in [0, 0.05) is 42.1 Å². The third-order valence-electron chi connectivity index (χ3n) is 5.54. The molecule has 2 aromatic carbocycles. The summed E-state index contributed by atoms with van der Waals surface area (Å²) in [6, 6.07) is 17.8. The number of halogens is 2. The Labute approximate surface area is 182 Å². The number of hydrogen-bond donors (Lipinski definition) is 2. The van der Waals surface area contributed by atoms with E-state index in [0.29, 0.717) is 24.6 Å². The molecule has 152 valence electrons. The summed E-state index contributed by atoms with van der Waals surface area (Å²) < 4.78 is 6.99. The molecule has 0 radical (unpaired) electrons. The summed E-state index contributed by atoms with van der Waals surface area (Å²) in [5, 5.41) is 3.70. The zero-order valence-corrected chi connectivity index (χ0v) is 18.4. The second kappa shape index (κ2) is 10.1. The van der Waals surface area contributed by atoms with Gasteiger partial charge in [-0.1, -0.05) is 40.2 Å². The topological polar surface area (TPSA) is 50.5 Å². The van der Waals surface area contributed by atoms with Crippen LogP contribution >= 0.6 is 28.3 Å². The van der Waals surface area contributed by atoms with Crippen LogP contribution in [-0.4, -0.2) is 43.2 Å². The average Bonchev–Trinajstić information content (AvgIpc) is 3.32. The molecule has 0 bridgehead atoms. The van der Waals surface area contributed by atoms with E-state index in [1.165, 1.54) is 17.5 Å². The van der Waals surface area contributed by atoms with Crippen molar-refractivity contribution in [3.63, 3.8) is 0 Å². The summed E-state index contributed by atoms with van der Waals surface area (Å²) in [5.41, 5.74) is 8.54. The summed E-state index contributed by atoms with van der Waals surface area (Å²) in [4.78, 5) is 2.46. The Kier molecular flexibility index (Phi) is 7.77. The van der Waals surface area contributed by atoms with Crippen LogP contribution in [0, 0.1) is 0 Å². The van der Waals surface area contributed by atoms with Crippen molar-refractivity contribution in [2.24, 2.45) is 5.73 Å². The van der Waals surface area contributed by atoms with E-state index in [-0.39, 0.29) is 12.4 Å². The van der Waals surface area contributed by atoms with E-state index in [4.69, 9.17) is 10.5 Å². The van der Waals surface area contributed by atoms with Crippen LogP contribution < -0.4 is 15.8 Å². The zero-order chi connectivity index (χ0) is 18.6. The van der Waals surface area contributed by atoms with Gasteiger partial charge >= 0.3 is 0 Å². The molecule has 1 aliphatic carbocycles. The number of benzene rings is 2. The number of likely N-dealkylation sites (tertiary alicyclic amines) is 1. The predicted octanol–water partition coefficient (Wildman–Crippen LogP) is 3.93. The summed E-state index contributed by atoms with van der Waals surface area (Å²) in [7, 11) is 0. The third-order valence-corrected chi connectivity index (χ3v) is 6.03. The molecule has 2 fully saturated rings. The van der Waals surface area contributed by atoms with E-state index >= 15 is 0 Å². The van der Waals surface area contributed by atoms with Gasteiger partial charge in [-0.05, 0) is 54.8 Å². The highest BCUT2D eigenvalue weighted by Crippen LogP contribution is 2.41. The van der Waals surface area contributed by atoms with Crippen LogP contribution in [0.2, 0.25) is 0 Å². The van der Waals surface area contributed by atoms with Crippen LogP contribution in [0.1, 0.15) is 29.9 Å². The van der Waals surface area contributed by atoms with Gasteiger partial charge in [-0.3, -0.25) is 0 Å². The van der Waals surface area contributed by atoms with Gasteiger partial charge in [0.05, 0.1) is 0 Å². The van der Waals surface area contributed by atoms with Crippen molar-refractivity contribution in [3.8, 4) is 5.75 Å². The molecule has 2 aromatic rings. The van der Waals surface area contributed by atoms with Crippen molar-refractivity contribution in [2.75, 3.05) is 26.2 Å². The first-order chi connectivity index (χ1) is 13.2. The highest BCUT2D eigenvalue weighted by molar-refractivity contribution is 9.10. The molecule has 4 rings (SSSR count). The lowest BCUT2D eigenvalue weighted by Gasteiger charge is -2.15. The average molecular weight is 467 g/mol. The molecule has 0 spiro atoms. The first-order valence-corrected chi connectivity index (χ1v) is 10.7. The molecule has 0 amide bonds. The lowest BCUT2D eigenvalue weighted by molar-refractivity contribution is 0.306. The molecule has 3 N–H and O–H groups in total. The SMILES string of the molecule is Cl.NC1CCN(CCNC2CC2c2ccc(OCc3cccc(Br)c3)cc2)C1. The number of nitrogens with zero attached hydrogens (tertiary/aromatic N) is 1. The molecule has 1 saturated heterocycles. The van der Waals surface area contributed by atoms with Gasteiger partial charge < -0.3 is 20.7 Å². The van der Waals surface area contributed by atoms with Gasteiger partial charge in [0.2, 0.25) is 0 Å². The Morgan fingerprint density at radius 2 is 2.00 bits per heavy atom. The molecule has 1 heterocycles. The third kappa shape index (κ3) is 5.94. The molecular formula is C22H29BrClN3O. The Bertz CT molecular complexity index is 758. The van der Waals surface area contributed by atoms with Crippen molar-refractivity contribution >= 4 is 28.3 Å². The maximum Gasteiger partial charge on any atom is 0.119 e. The fourth-order valence-electron chi connectivity index (χ4n) is 3.87. The molecule has 1 saturated carbocycles. The van der Waals surface area contributed by atoms with Gasteiger partial charge in [-0.25, -0.2) is 0 Å². The van der Waals surface area contributed by atoms with Crippen molar-refractivity contribution in [2.45, 2.75) is 37.5 Å². The van der Waals surface area contributed by atoms with Gasteiger partial charge in [-0.2, -0.15) is 0 Å². The Morgan fingerprint density at radius 1 is 1.18 bits per heavy atom. The highest BCUT2D eigenvalue weighted by atomic mass is 79.9. The highest BCUT2D eigenvalue weighted by Gasteiger charge is 2.37. The number of nitrogens with one attached hydrogen (secondary N) is 1. The van der Waals surface area contributed by atoms with Gasteiger partial charge in [-0.15, -0.1) is 12.4 Å². The second-order valence-electron chi connectivity index (χ2n) is 7.74. The minimum atomic E-state index is 0. The van der Waals surface area contributed by atoms with Crippen molar-refractivity contribution < 1.29 is 4.74 Å². The number of hydrogen-bond acceptors (Lipinski definition) is 4. The Balaban J connectivity index is 0.00000225. The number of ether oxygens (including phenoxy) is 1. The maximum absolute atomic E-state index is 5.97. The molecule has 4 nitrogen and oxygen atoms in total. The van der Waals surface area contributed by atoms with E-state index in [9.17, 15) is 0 Å². The first-order valence-electron chi connectivity index (χ1n) is 9.86.